The van der Waals surface area contributed by atoms with E-state index in [-0.39, 0.29) is 23.4 Å². The molecule has 1 N–H and O–H groups in total. The Labute approximate surface area is 162 Å². The van der Waals surface area contributed by atoms with Crippen molar-refractivity contribution in [3.05, 3.63) is 54.0 Å². The van der Waals surface area contributed by atoms with Crippen LogP contribution in [0.3, 0.4) is 0 Å². The van der Waals surface area contributed by atoms with E-state index in [4.69, 9.17) is 4.52 Å². The molecule has 3 aromatic rings. The zero-order valence-corrected chi connectivity index (χ0v) is 15.8. The Balaban J connectivity index is 1.36. The summed E-state index contributed by atoms with van der Waals surface area (Å²) in [5.74, 6) is 0.314. The van der Waals surface area contributed by atoms with Gasteiger partial charge in [0.05, 0.1) is 11.8 Å². The maximum Gasteiger partial charge on any atom is 0.273 e. The number of nitrogens with zero attached hydrogens (tertiary/aromatic N) is 4. The largest absolute Gasteiger partial charge is 0.355 e. The van der Waals surface area contributed by atoms with E-state index >= 15 is 0 Å². The van der Waals surface area contributed by atoms with Crippen LogP contribution in [0.4, 0.5) is 5.69 Å². The molecule has 0 spiro atoms. The summed E-state index contributed by atoms with van der Waals surface area (Å²) in [4.78, 5) is 26.4. The predicted molar refractivity (Wildman–Crippen MR) is 103 cm³/mol. The molecular formula is C20H21N5O3. The molecule has 1 aliphatic rings. The van der Waals surface area contributed by atoms with E-state index in [1.54, 1.807) is 21.8 Å². The van der Waals surface area contributed by atoms with Crippen LogP contribution in [-0.4, -0.2) is 39.8 Å². The van der Waals surface area contributed by atoms with Crippen molar-refractivity contribution in [3.63, 3.8) is 0 Å². The lowest BCUT2D eigenvalue weighted by Gasteiger charge is -2.16. The van der Waals surface area contributed by atoms with Crippen molar-refractivity contribution < 1.29 is 14.1 Å². The van der Waals surface area contributed by atoms with Crippen LogP contribution in [-0.2, 0) is 11.8 Å². The first-order chi connectivity index (χ1) is 13.5. The van der Waals surface area contributed by atoms with Crippen molar-refractivity contribution in [3.8, 4) is 11.3 Å². The predicted octanol–water partition coefficient (Wildman–Crippen LogP) is 2.17. The summed E-state index contributed by atoms with van der Waals surface area (Å²) in [5.41, 5.74) is 2.82. The van der Waals surface area contributed by atoms with Gasteiger partial charge < -0.3 is 14.7 Å². The van der Waals surface area contributed by atoms with Crippen LogP contribution in [0.1, 0.15) is 22.6 Å². The van der Waals surface area contributed by atoms with E-state index in [1.807, 2.05) is 44.3 Å². The minimum absolute atomic E-state index is 0.0589. The number of para-hydroxylation sites is 1. The summed E-state index contributed by atoms with van der Waals surface area (Å²) in [6.07, 6.45) is 2.09. The fourth-order valence-electron chi connectivity index (χ4n) is 3.35. The topological polar surface area (TPSA) is 93.3 Å². The standard InChI is InChI=1S/C20H21N5O3/c1-13-16(11-22-24(13)2)18-9-17(23-28-18)20(27)21-10-14-8-19(26)25(12-14)15-6-4-3-5-7-15/h3-7,9,11,14H,8,10,12H2,1-2H3,(H,21,27). The van der Waals surface area contributed by atoms with E-state index in [1.165, 1.54) is 0 Å². The maximum absolute atomic E-state index is 12.4. The molecule has 3 heterocycles. The van der Waals surface area contributed by atoms with Crippen molar-refractivity contribution in [1.29, 1.82) is 0 Å². The smallest absolute Gasteiger partial charge is 0.273 e. The number of aryl methyl sites for hydroxylation is 1. The van der Waals surface area contributed by atoms with Crippen LogP contribution in [0, 0.1) is 12.8 Å². The molecule has 2 aromatic heterocycles. The molecule has 144 valence electrons. The van der Waals surface area contributed by atoms with Gasteiger partial charge in [0.15, 0.2) is 11.5 Å². The molecular weight excluding hydrogens is 358 g/mol. The summed E-state index contributed by atoms with van der Waals surface area (Å²) >= 11 is 0. The molecule has 0 aliphatic carbocycles. The number of hydrogen-bond acceptors (Lipinski definition) is 5. The Kier molecular flexibility index (Phi) is 4.68. The van der Waals surface area contributed by atoms with Crippen molar-refractivity contribution in [2.45, 2.75) is 13.3 Å². The number of carbonyl (C=O) groups is 2. The molecule has 8 heteroatoms. The number of benzene rings is 1. The highest BCUT2D eigenvalue weighted by Crippen LogP contribution is 2.25. The number of hydrogen-bond donors (Lipinski definition) is 1. The van der Waals surface area contributed by atoms with E-state index < -0.39 is 0 Å². The van der Waals surface area contributed by atoms with Gasteiger partial charge in [-0.15, -0.1) is 0 Å². The van der Waals surface area contributed by atoms with E-state index in [2.05, 4.69) is 15.6 Å². The third kappa shape index (κ3) is 3.40. The first-order valence-electron chi connectivity index (χ1n) is 9.12. The van der Waals surface area contributed by atoms with Gasteiger partial charge in [0.25, 0.3) is 5.91 Å². The average molecular weight is 379 g/mol. The summed E-state index contributed by atoms with van der Waals surface area (Å²) < 4.78 is 7.03. The highest BCUT2D eigenvalue weighted by molar-refractivity contribution is 5.96. The lowest BCUT2D eigenvalue weighted by Crippen LogP contribution is -2.31. The lowest BCUT2D eigenvalue weighted by molar-refractivity contribution is -0.117. The van der Waals surface area contributed by atoms with Gasteiger partial charge in [0.1, 0.15) is 0 Å². The van der Waals surface area contributed by atoms with Crippen molar-refractivity contribution in [2.24, 2.45) is 13.0 Å². The molecule has 4 rings (SSSR count). The van der Waals surface area contributed by atoms with Crippen LogP contribution in [0.25, 0.3) is 11.3 Å². The van der Waals surface area contributed by atoms with Gasteiger partial charge >= 0.3 is 0 Å². The Morgan fingerprint density at radius 2 is 2.11 bits per heavy atom. The quantitative estimate of drug-likeness (QED) is 0.733. The van der Waals surface area contributed by atoms with Crippen LogP contribution in [0.15, 0.2) is 47.1 Å². The second-order valence-electron chi connectivity index (χ2n) is 6.96. The molecule has 1 unspecified atom stereocenters. The first-order valence-corrected chi connectivity index (χ1v) is 9.12. The molecule has 1 fully saturated rings. The maximum atomic E-state index is 12.4. The fraction of sp³-hybridized carbons (Fsp3) is 0.300. The molecule has 1 atom stereocenters. The van der Waals surface area contributed by atoms with Gasteiger partial charge in [-0.25, -0.2) is 0 Å². The molecule has 8 nitrogen and oxygen atoms in total. The third-order valence-electron chi connectivity index (χ3n) is 5.07. The number of nitrogens with one attached hydrogen (secondary N) is 1. The van der Waals surface area contributed by atoms with Crippen LogP contribution in [0.2, 0.25) is 0 Å². The normalized spacial score (nSPS) is 16.6. The fourth-order valence-corrected chi connectivity index (χ4v) is 3.35. The Hall–Kier alpha value is -3.42. The number of anilines is 1. The summed E-state index contributed by atoms with van der Waals surface area (Å²) in [6, 6.07) is 11.2. The SMILES string of the molecule is Cc1c(-c2cc(C(=O)NCC3CC(=O)N(c4ccccc4)C3)no2)cnn1C. The van der Waals surface area contributed by atoms with Crippen molar-refractivity contribution in [1.82, 2.24) is 20.3 Å². The zero-order valence-electron chi connectivity index (χ0n) is 15.8. The lowest BCUT2D eigenvalue weighted by atomic mass is 10.1. The van der Waals surface area contributed by atoms with E-state index in [9.17, 15) is 9.59 Å². The summed E-state index contributed by atoms with van der Waals surface area (Å²) in [7, 11) is 1.84. The van der Waals surface area contributed by atoms with Gasteiger partial charge in [-0.05, 0) is 19.1 Å². The minimum Gasteiger partial charge on any atom is -0.355 e. The van der Waals surface area contributed by atoms with Gasteiger partial charge in [-0.3, -0.25) is 14.3 Å². The number of rotatable bonds is 5. The highest BCUT2D eigenvalue weighted by atomic mass is 16.5. The second kappa shape index (κ2) is 7.30. The Bertz CT molecular complexity index is 1010. The summed E-state index contributed by atoms with van der Waals surface area (Å²) in [5, 5.41) is 10.9. The van der Waals surface area contributed by atoms with Crippen LogP contribution in [0.5, 0.6) is 0 Å². The van der Waals surface area contributed by atoms with Gasteiger partial charge in [0, 0.05) is 49.9 Å². The zero-order chi connectivity index (χ0) is 19.7. The molecule has 1 aromatic carbocycles. The van der Waals surface area contributed by atoms with Crippen LogP contribution < -0.4 is 10.2 Å². The second-order valence-corrected chi connectivity index (χ2v) is 6.96. The molecule has 0 radical (unpaired) electrons. The van der Waals surface area contributed by atoms with E-state index in [0.717, 1.165) is 16.9 Å². The van der Waals surface area contributed by atoms with Crippen molar-refractivity contribution in [2.75, 3.05) is 18.0 Å². The highest BCUT2D eigenvalue weighted by Gasteiger charge is 2.31. The molecule has 0 saturated carbocycles. The number of amides is 2. The van der Waals surface area contributed by atoms with Crippen molar-refractivity contribution >= 4 is 17.5 Å². The van der Waals surface area contributed by atoms with Gasteiger partial charge in [0.2, 0.25) is 5.91 Å². The monoisotopic (exact) mass is 379 g/mol. The number of carbonyl (C=O) groups excluding carboxylic acids is 2. The summed E-state index contributed by atoms with van der Waals surface area (Å²) in [6.45, 7) is 2.91. The third-order valence-corrected chi connectivity index (χ3v) is 5.07. The van der Waals surface area contributed by atoms with Gasteiger partial charge in [-0.2, -0.15) is 5.10 Å². The number of aromatic nitrogens is 3. The van der Waals surface area contributed by atoms with E-state index in [0.29, 0.717) is 25.3 Å². The molecule has 1 saturated heterocycles. The molecule has 2 amide bonds. The Morgan fingerprint density at radius 1 is 1.32 bits per heavy atom. The average Bonchev–Trinajstić information content (AvgIpc) is 3.41. The molecule has 1 aliphatic heterocycles. The Morgan fingerprint density at radius 3 is 2.82 bits per heavy atom. The first kappa shape index (κ1) is 18.0. The van der Waals surface area contributed by atoms with Crippen LogP contribution >= 0.6 is 0 Å². The molecule has 28 heavy (non-hydrogen) atoms. The minimum atomic E-state index is -0.317. The molecule has 0 bridgehead atoms. The van der Waals surface area contributed by atoms with Gasteiger partial charge in [-0.1, -0.05) is 23.4 Å².